The fraction of sp³-hybridized carbons (Fsp3) is 0.0800. The summed E-state index contributed by atoms with van der Waals surface area (Å²) in [5.41, 5.74) is 2.30. The first-order chi connectivity index (χ1) is 15.6. The molecule has 4 rings (SSSR count). The van der Waals surface area contributed by atoms with Crippen LogP contribution in [-0.2, 0) is 17.9 Å². The summed E-state index contributed by atoms with van der Waals surface area (Å²) in [6.45, 7) is -0.0331. The SMILES string of the molecule is O=C(Cn1nc(-c2ccccc2)ccc1=O)Nc1cccc(OCc2cccc(F)c2)c1. The van der Waals surface area contributed by atoms with E-state index in [1.54, 1.807) is 42.5 Å². The van der Waals surface area contributed by atoms with Crippen LogP contribution in [0.15, 0.2) is 95.8 Å². The van der Waals surface area contributed by atoms with Crippen LogP contribution in [0.25, 0.3) is 11.3 Å². The van der Waals surface area contributed by atoms with Crippen molar-refractivity contribution < 1.29 is 13.9 Å². The normalized spacial score (nSPS) is 10.5. The number of hydrogen-bond donors (Lipinski definition) is 1. The van der Waals surface area contributed by atoms with Crippen LogP contribution in [0.1, 0.15) is 5.56 Å². The van der Waals surface area contributed by atoms with Crippen LogP contribution >= 0.6 is 0 Å². The molecule has 0 aliphatic carbocycles. The van der Waals surface area contributed by atoms with Gasteiger partial charge in [0, 0.05) is 23.4 Å². The number of anilines is 1. The predicted molar refractivity (Wildman–Crippen MR) is 120 cm³/mol. The smallest absolute Gasteiger partial charge is 0.267 e. The van der Waals surface area contributed by atoms with E-state index in [0.29, 0.717) is 22.7 Å². The number of hydrogen-bond acceptors (Lipinski definition) is 4. The lowest BCUT2D eigenvalue weighted by molar-refractivity contribution is -0.117. The van der Waals surface area contributed by atoms with E-state index in [-0.39, 0.29) is 24.5 Å². The summed E-state index contributed by atoms with van der Waals surface area (Å²) in [6, 6.07) is 25.4. The van der Waals surface area contributed by atoms with Gasteiger partial charge in [-0.15, -0.1) is 0 Å². The largest absolute Gasteiger partial charge is 0.489 e. The molecule has 1 aromatic heterocycles. The van der Waals surface area contributed by atoms with E-state index in [1.807, 2.05) is 30.3 Å². The number of nitrogens with zero attached hydrogens (tertiary/aromatic N) is 2. The lowest BCUT2D eigenvalue weighted by atomic mass is 10.1. The van der Waals surface area contributed by atoms with Gasteiger partial charge in [0.2, 0.25) is 5.91 Å². The summed E-state index contributed by atoms with van der Waals surface area (Å²) in [4.78, 5) is 24.7. The molecule has 0 spiro atoms. The molecule has 7 heteroatoms. The molecule has 0 saturated heterocycles. The van der Waals surface area contributed by atoms with Gasteiger partial charge in [-0.2, -0.15) is 5.10 Å². The van der Waals surface area contributed by atoms with E-state index in [2.05, 4.69) is 10.4 Å². The molecule has 32 heavy (non-hydrogen) atoms. The molecule has 0 radical (unpaired) electrons. The summed E-state index contributed by atoms with van der Waals surface area (Å²) in [5, 5.41) is 7.05. The third-order valence-corrected chi connectivity index (χ3v) is 4.64. The standard InChI is InChI=1S/C25H20FN3O3/c26-20-9-4-6-18(14-20)17-32-22-11-5-10-21(15-22)27-24(30)16-29-25(31)13-12-23(28-29)19-7-2-1-3-8-19/h1-15H,16-17H2,(H,27,30). The summed E-state index contributed by atoms with van der Waals surface area (Å²) in [6.07, 6.45) is 0. The minimum atomic E-state index is -0.396. The third-order valence-electron chi connectivity index (χ3n) is 4.64. The van der Waals surface area contributed by atoms with E-state index >= 15 is 0 Å². The second-order valence-electron chi connectivity index (χ2n) is 7.08. The van der Waals surface area contributed by atoms with Crippen molar-refractivity contribution in [1.82, 2.24) is 9.78 Å². The molecule has 0 aliphatic rings. The maximum absolute atomic E-state index is 13.3. The first-order valence-corrected chi connectivity index (χ1v) is 9.97. The first kappa shape index (κ1) is 21.0. The zero-order valence-electron chi connectivity index (χ0n) is 17.1. The van der Waals surface area contributed by atoms with Gasteiger partial charge in [0.25, 0.3) is 5.56 Å². The second kappa shape index (κ2) is 9.70. The fourth-order valence-corrected chi connectivity index (χ4v) is 3.12. The molecular weight excluding hydrogens is 409 g/mol. The minimum absolute atomic E-state index is 0.195. The highest BCUT2D eigenvalue weighted by atomic mass is 19.1. The van der Waals surface area contributed by atoms with Gasteiger partial charge in [-0.3, -0.25) is 9.59 Å². The van der Waals surface area contributed by atoms with Gasteiger partial charge in [0.1, 0.15) is 24.7 Å². The zero-order chi connectivity index (χ0) is 22.3. The molecule has 160 valence electrons. The average molecular weight is 429 g/mol. The van der Waals surface area contributed by atoms with E-state index in [1.165, 1.54) is 18.2 Å². The molecule has 0 aliphatic heterocycles. The van der Waals surface area contributed by atoms with Gasteiger partial charge in [-0.1, -0.05) is 48.5 Å². The minimum Gasteiger partial charge on any atom is -0.489 e. The number of amides is 1. The molecule has 0 bridgehead atoms. The van der Waals surface area contributed by atoms with Crippen molar-refractivity contribution in [1.29, 1.82) is 0 Å². The van der Waals surface area contributed by atoms with Crippen molar-refractivity contribution in [3.63, 3.8) is 0 Å². The number of benzene rings is 3. The van der Waals surface area contributed by atoms with Gasteiger partial charge in [0.15, 0.2) is 0 Å². The van der Waals surface area contributed by atoms with Gasteiger partial charge < -0.3 is 10.1 Å². The molecular formula is C25H20FN3O3. The molecule has 3 aromatic carbocycles. The van der Waals surface area contributed by atoms with Crippen molar-refractivity contribution in [2.45, 2.75) is 13.2 Å². The van der Waals surface area contributed by atoms with Gasteiger partial charge in [-0.25, -0.2) is 9.07 Å². The molecule has 4 aromatic rings. The number of ether oxygens (including phenoxy) is 1. The summed E-state index contributed by atoms with van der Waals surface area (Å²) < 4.78 is 20.1. The van der Waals surface area contributed by atoms with Crippen LogP contribution in [0.2, 0.25) is 0 Å². The van der Waals surface area contributed by atoms with Crippen molar-refractivity contribution >= 4 is 11.6 Å². The Morgan fingerprint density at radius 2 is 1.75 bits per heavy atom. The Hall–Kier alpha value is -4.26. The van der Waals surface area contributed by atoms with Crippen LogP contribution in [-0.4, -0.2) is 15.7 Å². The highest BCUT2D eigenvalue weighted by Gasteiger charge is 2.09. The Balaban J connectivity index is 1.41. The maximum Gasteiger partial charge on any atom is 0.267 e. The molecule has 0 fully saturated rings. The number of halogens is 1. The number of carbonyl (C=O) groups excluding carboxylic acids is 1. The van der Waals surface area contributed by atoms with Crippen LogP contribution in [0.4, 0.5) is 10.1 Å². The molecule has 1 amide bonds. The third kappa shape index (κ3) is 5.46. The van der Waals surface area contributed by atoms with Gasteiger partial charge >= 0.3 is 0 Å². The Kier molecular flexibility index (Phi) is 6.36. The molecule has 6 nitrogen and oxygen atoms in total. The molecule has 1 N–H and O–H groups in total. The molecule has 0 unspecified atom stereocenters. The Morgan fingerprint density at radius 1 is 0.938 bits per heavy atom. The number of carbonyl (C=O) groups is 1. The first-order valence-electron chi connectivity index (χ1n) is 9.97. The van der Waals surface area contributed by atoms with Crippen molar-refractivity contribution in [2.24, 2.45) is 0 Å². The van der Waals surface area contributed by atoms with Crippen LogP contribution < -0.4 is 15.6 Å². The molecule has 1 heterocycles. The van der Waals surface area contributed by atoms with Gasteiger partial charge in [0.05, 0.1) is 5.69 Å². The Morgan fingerprint density at radius 3 is 2.56 bits per heavy atom. The van der Waals surface area contributed by atoms with Gasteiger partial charge in [-0.05, 0) is 35.9 Å². The summed E-state index contributed by atoms with van der Waals surface area (Å²) in [5.74, 6) is -0.201. The van der Waals surface area contributed by atoms with Crippen LogP contribution in [0, 0.1) is 5.82 Å². The monoisotopic (exact) mass is 429 g/mol. The lowest BCUT2D eigenvalue weighted by Crippen LogP contribution is -2.29. The van der Waals surface area contributed by atoms with E-state index < -0.39 is 5.91 Å². The van der Waals surface area contributed by atoms with E-state index in [9.17, 15) is 14.0 Å². The Labute approximate surface area is 183 Å². The number of aromatic nitrogens is 2. The summed E-state index contributed by atoms with van der Waals surface area (Å²) >= 11 is 0. The van der Waals surface area contributed by atoms with Crippen molar-refractivity contribution in [2.75, 3.05) is 5.32 Å². The van der Waals surface area contributed by atoms with Crippen LogP contribution in [0.3, 0.4) is 0 Å². The predicted octanol–water partition coefficient (Wildman–Crippen LogP) is 4.27. The van der Waals surface area contributed by atoms with Crippen LogP contribution in [0.5, 0.6) is 5.75 Å². The highest BCUT2D eigenvalue weighted by molar-refractivity contribution is 5.90. The Bertz CT molecular complexity index is 1290. The average Bonchev–Trinajstić information content (AvgIpc) is 2.80. The van der Waals surface area contributed by atoms with E-state index in [0.717, 1.165) is 10.2 Å². The number of rotatable bonds is 7. The number of nitrogens with one attached hydrogen (secondary N) is 1. The zero-order valence-corrected chi connectivity index (χ0v) is 17.1. The molecule has 0 atom stereocenters. The second-order valence-corrected chi connectivity index (χ2v) is 7.08. The lowest BCUT2D eigenvalue weighted by Gasteiger charge is -2.10. The molecule has 0 saturated carbocycles. The maximum atomic E-state index is 13.3. The van der Waals surface area contributed by atoms with Crippen molar-refractivity contribution in [3.05, 3.63) is 113 Å². The fourth-order valence-electron chi connectivity index (χ4n) is 3.12. The van der Waals surface area contributed by atoms with E-state index in [4.69, 9.17) is 4.74 Å². The summed E-state index contributed by atoms with van der Waals surface area (Å²) in [7, 11) is 0. The topological polar surface area (TPSA) is 73.2 Å². The van der Waals surface area contributed by atoms with Crippen molar-refractivity contribution in [3.8, 4) is 17.0 Å². The highest BCUT2D eigenvalue weighted by Crippen LogP contribution is 2.19. The quantitative estimate of drug-likeness (QED) is 0.476.